The van der Waals surface area contributed by atoms with Gasteiger partial charge in [-0.3, -0.25) is 14.4 Å². The minimum absolute atomic E-state index is 0.0765. The van der Waals surface area contributed by atoms with E-state index in [2.05, 4.69) is 20.3 Å². The molecular weight excluding hydrogens is 448 g/mol. The molecule has 10 heteroatoms. The smallest absolute Gasteiger partial charge is 0.290 e. The van der Waals surface area contributed by atoms with Gasteiger partial charge in [0, 0.05) is 50.0 Å². The number of methoxy groups -OCH3 is 1. The molecule has 1 saturated heterocycles. The van der Waals surface area contributed by atoms with E-state index in [1.54, 1.807) is 35.5 Å². The van der Waals surface area contributed by atoms with E-state index in [4.69, 9.17) is 4.74 Å². The maximum atomic E-state index is 13.3. The second-order valence-corrected chi connectivity index (χ2v) is 8.31. The Morgan fingerprint density at radius 1 is 1.00 bits per heavy atom. The fraction of sp³-hybridized carbons (Fsp3) is 0.280. The molecule has 2 aliphatic heterocycles. The van der Waals surface area contributed by atoms with Gasteiger partial charge < -0.3 is 19.9 Å². The number of rotatable bonds is 5. The van der Waals surface area contributed by atoms with Crippen molar-refractivity contribution in [2.75, 3.05) is 45.2 Å². The van der Waals surface area contributed by atoms with E-state index in [-0.39, 0.29) is 12.5 Å². The van der Waals surface area contributed by atoms with Crippen molar-refractivity contribution in [2.45, 2.75) is 5.92 Å². The van der Waals surface area contributed by atoms with Crippen LogP contribution in [0.15, 0.2) is 55.1 Å². The van der Waals surface area contributed by atoms with Crippen molar-refractivity contribution in [3.63, 3.8) is 0 Å². The topological polar surface area (TPSA) is 118 Å². The summed E-state index contributed by atoms with van der Waals surface area (Å²) >= 11 is 0. The Kier molecular flexibility index (Phi) is 6.09. The fourth-order valence-corrected chi connectivity index (χ4v) is 4.53. The van der Waals surface area contributed by atoms with Crippen LogP contribution in [0.5, 0.6) is 5.75 Å². The van der Waals surface area contributed by atoms with Gasteiger partial charge in [0.15, 0.2) is 0 Å². The number of benzene rings is 1. The zero-order valence-corrected chi connectivity index (χ0v) is 19.2. The number of ether oxygens (including phenoxy) is 1. The Morgan fingerprint density at radius 2 is 1.74 bits per heavy atom. The molecule has 2 aliphatic rings. The summed E-state index contributed by atoms with van der Waals surface area (Å²) in [6, 6.07) is 10.8. The number of carbonyl (C=O) groups is 3. The quantitative estimate of drug-likeness (QED) is 0.557. The van der Waals surface area contributed by atoms with Crippen molar-refractivity contribution in [3.8, 4) is 17.1 Å². The number of hydrogen-bond acceptors (Lipinski definition) is 8. The lowest BCUT2D eigenvalue weighted by Crippen LogP contribution is -2.52. The third kappa shape index (κ3) is 4.18. The predicted octanol–water partition coefficient (Wildman–Crippen LogP) is 1.61. The largest absolute Gasteiger partial charge is 0.495 e. The molecule has 0 aliphatic carbocycles. The third-order valence-electron chi connectivity index (χ3n) is 6.36. The molecule has 5 rings (SSSR count). The van der Waals surface area contributed by atoms with Crippen LogP contribution in [0.4, 0.5) is 5.69 Å². The molecular formula is C25H24N6O4. The minimum Gasteiger partial charge on any atom is -0.495 e. The molecule has 0 radical (unpaired) electrons. The zero-order chi connectivity index (χ0) is 24.4. The summed E-state index contributed by atoms with van der Waals surface area (Å²) in [5.74, 6) is -1.42. The predicted molar refractivity (Wildman–Crippen MR) is 127 cm³/mol. The number of nitrogens with one attached hydrogen (secondary N) is 1. The second-order valence-electron chi connectivity index (χ2n) is 8.31. The number of aromatic nitrogens is 3. The molecule has 1 atom stereocenters. The summed E-state index contributed by atoms with van der Waals surface area (Å²) in [6.07, 6.45) is 4.59. The molecule has 0 saturated carbocycles. The number of amides is 2. The molecule has 35 heavy (non-hydrogen) atoms. The molecule has 0 bridgehead atoms. The van der Waals surface area contributed by atoms with Crippen molar-refractivity contribution < 1.29 is 19.1 Å². The number of Topliss-reactive ketones (excluding diaryl/α,β-unsaturated/α-hetero) is 1. The van der Waals surface area contributed by atoms with E-state index in [1.165, 1.54) is 18.3 Å². The van der Waals surface area contributed by atoms with Crippen molar-refractivity contribution in [3.05, 3.63) is 66.2 Å². The highest BCUT2D eigenvalue weighted by atomic mass is 16.5. The first-order valence-electron chi connectivity index (χ1n) is 11.3. The Hall–Kier alpha value is -4.34. The maximum Gasteiger partial charge on any atom is 0.290 e. The van der Waals surface area contributed by atoms with Crippen LogP contribution in [0.25, 0.3) is 11.4 Å². The van der Waals surface area contributed by atoms with E-state index in [9.17, 15) is 14.4 Å². The summed E-state index contributed by atoms with van der Waals surface area (Å²) in [5.41, 5.74) is 3.01. The standard InChI is InChI=1S/C25H24N6O4/c1-35-19-14-28-21(18-7-8-26-15-29-18)22-20(19)17(13-27-22)23(32)25(34)31-11-9-30(10-12-31)24(33)16-5-3-2-4-6-16/h2-8,14-15,17,27H,9-13H2,1H3. The van der Waals surface area contributed by atoms with Gasteiger partial charge in [0.05, 0.1) is 30.6 Å². The molecule has 1 unspecified atom stereocenters. The highest BCUT2D eigenvalue weighted by Gasteiger charge is 2.39. The lowest BCUT2D eigenvalue weighted by molar-refractivity contribution is -0.146. The van der Waals surface area contributed by atoms with Gasteiger partial charge in [-0.2, -0.15) is 0 Å². The van der Waals surface area contributed by atoms with Crippen molar-refractivity contribution >= 4 is 23.3 Å². The first-order chi connectivity index (χ1) is 17.1. The number of carbonyl (C=O) groups excluding carboxylic acids is 3. The molecule has 10 nitrogen and oxygen atoms in total. The van der Waals surface area contributed by atoms with Gasteiger partial charge >= 0.3 is 0 Å². The number of anilines is 1. The SMILES string of the molecule is COc1cnc(-c2ccncn2)c2c1C(C(=O)C(=O)N1CCN(C(=O)c3ccccc3)CC1)CN2. The highest BCUT2D eigenvalue weighted by Crippen LogP contribution is 2.43. The summed E-state index contributed by atoms with van der Waals surface area (Å²) in [7, 11) is 1.51. The number of fused-ring (bicyclic) bond motifs is 1. The molecule has 2 amide bonds. The first-order valence-corrected chi connectivity index (χ1v) is 11.3. The lowest BCUT2D eigenvalue weighted by Gasteiger charge is -2.34. The number of piperazine rings is 1. The van der Waals surface area contributed by atoms with Crippen molar-refractivity contribution in [1.29, 1.82) is 0 Å². The normalized spacial score (nSPS) is 16.9. The van der Waals surface area contributed by atoms with Gasteiger partial charge in [0.2, 0.25) is 5.78 Å². The van der Waals surface area contributed by atoms with Crippen LogP contribution < -0.4 is 10.1 Å². The number of hydrogen-bond donors (Lipinski definition) is 1. The van der Waals surface area contributed by atoms with Crippen LogP contribution in [0.1, 0.15) is 21.8 Å². The van der Waals surface area contributed by atoms with E-state index in [1.807, 2.05) is 18.2 Å². The fourth-order valence-electron chi connectivity index (χ4n) is 4.53. The summed E-state index contributed by atoms with van der Waals surface area (Å²) in [5, 5.41) is 3.22. The van der Waals surface area contributed by atoms with Crippen LogP contribution in [0, 0.1) is 0 Å². The molecule has 0 spiro atoms. The van der Waals surface area contributed by atoms with E-state index < -0.39 is 17.6 Å². The lowest BCUT2D eigenvalue weighted by atomic mass is 9.94. The number of ketones is 1. The van der Waals surface area contributed by atoms with Gasteiger partial charge in [-0.25, -0.2) is 15.0 Å². The van der Waals surface area contributed by atoms with Gasteiger partial charge in [0.25, 0.3) is 11.8 Å². The van der Waals surface area contributed by atoms with Crippen molar-refractivity contribution in [1.82, 2.24) is 24.8 Å². The van der Waals surface area contributed by atoms with Crippen LogP contribution in [0.3, 0.4) is 0 Å². The molecule has 1 N–H and O–H groups in total. The van der Waals surface area contributed by atoms with Gasteiger partial charge in [-0.1, -0.05) is 18.2 Å². The molecule has 1 fully saturated rings. The Balaban J connectivity index is 1.32. The molecule has 3 aromatic rings. The van der Waals surface area contributed by atoms with Crippen LogP contribution >= 0.6 is 0 Å². The molecule has 4 heterocycles. The summed E-state index contributed by atoms with van der Waals surface area (Å²) in [6.45, 7) is 1.60. The first kappa shape index (κ1) is 22.5. The second kappa shape index (κ2) is 9.49. The molecule has 1 aromatic carbocycles. The maximum absolute atomic E-state index is 13.3. The van der Waals surface area contributed by atoms with E-state index in [0.717, 1.165) is 0 Å². The monoisotopic (exact) mass is 472 g/mol. The average molecular weight is 473 g/mol. The van der Waals surface area contributed by atoms with Crippen LogP contribution in [0.2, 0.25) is 0 Å². The van der Waals surface area contributed by atoms with Gasteiger partial charge in [0.1, 0.15) is 17.8 Å². The van der Waals surface area contributed by atoms with Crippen LogP contribution in [-0.2, 0) is 9.59 Å². The number of pyridine rings is 1. The zero-order valence-electron chi connectivity index (χ0n) is 19.2. The van der Waals surface area contributed by atoms with Crippen LogP contribution in [-0.4, -0.2) is 82.2 Å². The third-order valence-corrected chi connectivity index (χ3v) is 6.36. The van der Waals surface area contributed by atoms with Crippen molar-refractivity contribution in [2.24, 2.45) is 0 Å². The van der Waals surface area contributed by atoms with Gasteiger partial charge in [-0.05, 0) is 18.2 Å². The molecule has 178 valence electrons. The van der Waals surface area contributed by atoms with E-state index >= 15 is 0 Å². The summed E-state index contributed by atoms with van der Waals surface area (Å²) < 4.78 is 5.48. The van der Waals surface area contributed by atoms with E-state index in [0.29, 0.717) is 60.1 Å². The Bertz CT molecular complexity index is 1260. The Labute approximate surface area is 202 Å². The Morgan fingerprint density at radius 3 is 2.43 bits per heavy atom. The highest BCUT2D eigenvalue weighted by molar-refractivity contribution is 6.38. The number of nitrogens with zero attached hydrogens (tertiary/aromatic N) is 5. The molecule has 2 aromatic heterocycles. The summed E-state index contributed by atoms with van der Waals surface area (Å²) in [4.78, 5) is 55.1. The van der Waals surface area contributed by atoms with Gasteiger partial charge in [-0.15, -0.1) is 0 Å². The minimum atomic E-state index is -0.708. The average Bonchev–Trinajstić information content (AvgIpc) is 3.38.